The Balaban J connectivity index is 0.00000264. The van der Waals surface area contributed by atoms with E-state index in [1.165, 1.54) is 4.90 Å². The van der Waals surface area contributed by atoms with E-state index in [-0.39, 0.29) is 68.2 Å². The normalized spacial score (nSPS) is 17.2. The third kappa shape index (κ3) is 4.16. The summed E-state index contributed by atoms with van der Waals surface area (Å²) in [4.78, 5) is 13.5. The molecule has 1 atom stereocenters. The number of carbonyl (C=O) groups excluding carboxylic acids is 1. The van der Waals surface area contributed by atoms with Crippen LogP contribution in [0, 0.1) is 35.0 Å². The summed E-state index contributed by atoms with van der Waals surface area (Å²) < 4.78 is 33.4. The Bertz CT molecular complexity index is 648. The summed E-state index contributed by atoms with van der Waals surface area (Å²) in [5.41, 5.74) is -0.182. The molecule has 0 saturated carbocycles. The van der Waals surface area contributed by atoms with Gasteiger partial charge in [-0.3, -0.25) is 4.79 Å². The van der Waals surface area contributed by atoms with Gasteiger partial charge in [0.25, 0.3) is 0 Å². The first-order valence-corrected chi connectivity index (χ1v) is 6.91. The van der Waals surface area contributed by atoms with Crippen LogP contribution >= 0.6 is 0 Å². The van der Waals surface area contributed by atoms with Crippen molar-refractivity contribution in [3.63, 3.8) is 0 Å². The molecule has 0 saturated heterocycles. The van der Waals surface area contributed by atoms with Crippen LogP contribution in [0.15, 0.2) is 12.1 Å². The number of carbonyl (C=O) groups is 1. The number of halogens is 2. The van der Waals surface area contributed by atoms with Crippen LogP contribution < -0.4 is 4.74 Å². The number of hydrogen-bond donors (Lipinski definition) is 0. The Morgan fingerprint density at radius 2 is 2.04 bits per heavy atom. The topological polar surface area (TPSA) is 53.3 Å². The van der Waals surface area contributed by atoms with Crippen LogP contribution in [0.2, 0.25) is 0 Å². The Morgan fingerprint density at radius 3 is 2.57 bits per heavy atom. The molecule has 0 aromatic heterocycles. The standard InChI is InChI=1S/C16H15F2N2O2.Y/c1-3-20-14(5-4-10(2)16(20)21)15-12(17)8-11(9-13(15)18)22-7-6-19;/h8-10H,3-4,7H2,1-2H3;/q-1;. The molecule has 0 aliphatic carbocycles. The molecule has 119 valence electrons. The molecule has 7 heteroatoms. The predicted molar refractivity (Wildman–Crippen MR) is 75.3 cm³/mol. The molecular formula is C16H15F2N2O2Y-. The number of nitrogens with zero attached hydrogens (tertiary/aromatic N) is 2. The van der Waals surface area contributed by atoms with E-state index in [9.17, 15) is 13.6 Å². The van der Waals surface area contributed by atoms with E-state index in [4.69, 9.17) is 10.00 Å². The maximum absolute atomic E-state index is 14.3. The molecule has 1 heterocycles. The van der Waals surface area contributed by atoms with Gasteiger partial charge in [-0.1, -0.05) is 18.9 Å². The summed E-state index contributed by atoms with van der Waals surface area (Å²) in [7, 11) is 0. The van der Waals surface area contributed by atoms with Gasteiger partial charge < -0.3 is 9.64 Å². The van der Waals surface area contributed by atoms with Crippen molar-refractivity contribution in [1.29, 1.82) is 5.26 Å². The first-order valence-electron chi connectivity index (χ1n) is 6.91. The van der Waals surface area contributed by atoms with Crippen molar-refractivity contribution in [2.75, 3.05) is 13.2 Å². The Hall–Kier alpha value is -1.32. The van der Waals surface area contributed by atoms with Crippen molar-refractivity contribution < 1.29 is 51.0 Å². The number of nitriles is 1. The smallest absolute Gasteiger partial charge is 0.225 e. The van der Waals surface area contributed by atoms with Gasteiger partial charge in [0.2, 0.25) is 5.91 Å². The monoisotopic (exact) mass is 394 g/mol. The van der Waals surface area contributed by atoms with Crippen molar-refractivity contribution in [3.8, 4) is 11.8 Å². The van der Waals surface area contributed by atoms with Crippen molar-refractivity contribution in [2.24, 2.45) is 5.92 Å². The summed E-state index contributed by atoms with van der Waals surface area (Å²) in [6.07, 6.45) is 3.23. The molecule has 1 radical (unpaired) electrons. The number of allylic oxidation sites excluding steroid dienone is 1. The van der Waals surface area contributed by atoms with Crippen LogP contribution in [0.5, 0.6) is 5.75 Å². The zero-order chi connectivity index (χ0) is 16.3. The Labute approximate surface area is 159 Å². The molecule has 1 unspecified atom stereocenters. The largest absolute Gasteiger partial charge is 0.479 e. The van der Waals surface area contributed by atoms with Gasteiger partial charge >= 0.3 is 0 Å². The van der Waals surface area contributed by atoms with Crippen LogP contribution in [0.25, 0.3) is 5.70 Å². The molecule has 1 aliphatic heterocycles. The second-order valence-corrected chi connectivity index (χ2v) is 4.92. The van der Waals surface area contributed by atoms with Gasteiger partial charge in [-0.15, -0.1) is 5.70 Å². The summed E-state index contributed by atoms with van der Waals surface area (Å²) >= 11 is 0. The van der Waals surface area contributed by atoms with E-state index in [2.05, 4.69) is 6.08 Å². The number of amides is 1. The molecule has 0 fully saturated rings. The van der Waals surface area contributed by atoms with Crippen molar-refractivity contribution in [3.05, 3.63) is 35.4 Å². The van der Waals surface area contributed by atoms with Crippen molar-refractivity contribution in [1.82, 2.24) is 4.90 Å². The molecule has 4 nitrogen and oxygen atoms in total. The molecule has 0 spiro atoms. The molecule has 0 bridgehead atoms. The second kappa shape index (κ2) is 8.51. The van der Waals surface area contributed by atoms with Gasteiger partial charge in [-0.2, -0.15) is 5.26 Å². The van der Waals surface area contributed by atoms with Gasteiger partial charge in [-0.05, 0) is 19.1 Å². The van der Waals surface area contributed by atoms with Gasteiger partial charge in [-0.25, -0.2) is 14.9 Å². The molecular weight excluding hydrogens is 379 g/mol. The SMILES string of the molecule is CCN1C(=O)C(C)C[C-]=C1c1c(F)cc(OCC#N)cc1F.[Y]. The average Bonchev–Trinajstić information content (AvgIpc) is 2.48. The van der Waals surface area contributed by atoms with Crippen LogP contribution in [0.3, 0.4) is 0 Å². The maximum atomic E-state index is 14.3. The fourth-order valence-corrected chi connectivity index (χ4v) is 2.32. The van der Waals surface area contributed by atoms with E-state index in [0.29, 0.717) is 13.0 Å². The summed E-state index contributed by atoms with van der Waals surface area (Å²) in [6.45, 7) is 3.49. The second-order valence-electron chi connectivity index (χ2n) is 4.92. The third-order valence-electron chi connectivity index (χ3n) is 3.41. The molecule has 1 aromatic carbocycles. The van der Waals surface area contributed by atoms with Gasteiger partial charge in [0.05, 0.1) is 11.6 Å². The van der Waals surface area contributed by atoms with E-state index >= 15 is 0 Å². The van der Waals surface area contributed by atoms with Crippen LogP contribution in [0.1, 0.15) is 25.8 Å². The summed E-state index contributed by atoms with van der Waals surface area (Å²) in [5.74, 6) is -2.21. The van der Waals surface area contributed by atoms with E-state index in [1.807, 2.05) is 0 Å². The van der Waals surface area contributed by atoms with E-state index in [0.717, 1.165) is 12.1 Å². The number of benzene rings is 1. The predicted octanol–water partition coefficient (Wildman–Crippen LogP) is 2.90. The van der Waals surface area contributed by atoms with Crippen molar-refractivity contribution >= 4 is 11.6 Å². The van der Waals surface area contributed by atoms with E-state index in [1.54, 1.807) is 19.9 Å². The first-order chi connectivity index (χ1) is 10.5. The zero-order valence-corrected chi connectivity index (χ0v) is 15.7. The number of ether oxygens (including phenoxy) is 1. The van der Waals surface area contributed by atoms with Gasteiger partial charge in [0.1, 0.15) is 11.8 Å². The summed E-state index contributed by atoms with van der Waals surface area (Å²) in [5, 5.41) is 8.42. The first kappa shape index (κ1) is 19.7. The Kier molecular flexibility index (Phi) is 7.30. The number of hydrogen-bond acceptors (Lipinski definition) is 3. The molecule has 1 aliphatic rings. The molecule has 2 rings (SSSR count). The molecule has 23 heavy (non-hydrogen) atoms. The van der Waals surface area contributed by atoms with E-state index < -0.39 is 11.6 Å². The fraction of sp³-hybridized carbons (Fsp3) is 0.375. The van der Waals surface area contributed by atoms with Gasteiger partial charge in [0, 0.05) is 45.2 Å². The minimum atomic E-state index is -0.851. The molecule has 1 amide bonds. The average molecular weight is 394 g/mol. The minimum absolute atomic E-state index is 0. The van der Waals surface area contributed by atoms with Crippen LogP contribution in [0.4, 0.5) is 8.78 Å². The molecule has 0 N–H and O–H groups in total. The summed E-state index contributed by atoms with van der Waals surface area (Å²) in [6, 6.07) is 3.72. The van der Waals surface area contributed by atoms with Crippen molar-refractivity contribution in [2.45, 2.75) is 20.3 Å². The van der Waals surface area contributed by atoms with Crippen LogP contribution in [-0.4, -0.2) is 24.0 Å². The minimum Gasteiger partial charge on any atom is -0.479 e. The quantitative estimate of drug-likeness (QED) is 0.739. The number of rotatable bonds is 4. The third-order valence-corrected chi connectivity index (χ3v) is 3.41. The van der Waals surface area contributed by atoms with Crippen LogP contribution in [-0.2, 0) is 37.5 Å². The molecule has 1 aromatic rings. The zero-order valence-electron chi connectivity index (χ0n) is 12.9. The van der Waals surface area contributed by atoms with Gasteiger partial charge in [0.15, 0.2) is 6.61 Å². The Morgan fingerprint density at radius 1 is 1.43 bits per heavy atom. The maximum Gasteiger partial charge on any atom is 0.225 e. The fourth-order valence-electron chi connectivity index (χ4n) is 2.32.